The van der Waals surface area contributed by atoms with Gasteiger partial charge in [-0.05, 0) is 57.8 Å². The Kier molecular flexibility index (Phi) is 54.8. The van der Waals surface area contributed by atoms with Crippen LogP contribution in [0.4, 0.5) is 0 Å². The summed E-state index contributed by atoms with van der Waals surface area (Å²) in [6, 6.07) is 0. The molecule has 0 aromatic heterocycles. The second-order valence-electron chi connectivity index (χ2n) is 19.9. The number of esters is 3. The zero-order chi connectivity index (χ0) is 49.3. The van der Waals surface area contributed by atoms with E-state index < -0.39 is 6.10 Å². The van der Waals surface area contributed by atoms with E-state index in [4.69, 9.17) is 14.2 Å². The molecule has 6 nitrogen and oxygen atoms in total. The molecule has 0 aliphatic heterocycles. The minimum atomic E-state index is -0.770. The van der Waals surface area contributed by atoms with E-state index in [1.54, 1.807) is 0 Å². The quantitative estimate of drug-likeness (QED) is 0.0262. The topological polar surface area (TPSA) is 78.9 Å². The Morgan fingerprint density at radius 1 is 0.309 bits per heavy atom. The largest absolute Gasteiger partial charge is 0.462 e. The molecule has 0 aliphatic carbocycles. The van der Waals surface area contributed by atoms with E-state index in [-0.39, 0.29) is 31.1 Å². The molecule has 0 radical (unpaired) electrons. The van der Waals surface area contributed by atoms with Gasteiger partial charge in [0.2, 0.25) is 0 Å². The first-order chi connectivity index (χ1) is 33.5. The number of rotatable bonds is 54. The highest BCUT2D eigenvalue weighted by Gasteiger charge is 2.19. The minimum Gasteiger partial charge on any atom is -0.462 e. The summed E-state index contributed by atoms with van der Waals surface area (Å²) in [5, 5.41) is 0. The molecule has 1 atom stereocenters. The maximum Gasteiger partial charge on any atom is 0.306 e. The lowest BCUT2D eigenvalue weighted by molar-refractivity contribution is -0.167. The molecule has 0 amide bonds. The minimum absolute atomic E-state index is 0.0692. The molecule has 0 bridgehead atoms. The van der Waals surface area contributed by atoms with Crippen molar-refractivity contribution in [2.75, 3.05) is 13.2 Å². The summed E-state index contributed by atoms with van der Waals surface area (Å²) in [5.74, 6) is -0.856. The van der Waals surface area contributed by atoms with Crippen molar-refractivity contribution in [2.24, 2.45) is 0 Å². The molecule has 396 valence electrons. The van der Waals surface area contributed by atoms with E-state index >= 15 is 0 Å². The molecular weight excluding hydrogens is 841 g/mol. The highest BCUT2D eigenvalue weighted by Crippen LogP contribution is 2.17. The standard InChI is InChI=1S/C62H112O6/c1-4-7-10-13-16-19-22-25-27-28-29-30-31-32-33-34-36-37-40-43-46-49-52-55-61(64)67-58-59(57-66-60(63)54-51-48-45-42-39-24-21-18-15-12-9-6-3)68-62(65)56-53-50-47-44-41-38-35-26-23-20-17-14-11-8-5-2/h7,10,16,19,25,27,29-30,59H,4-6,8-9,11-15,17-18,20-24,26,28,31-58H2,1-3H3/b10-7-,19-16-,27-25-,30-29-. The molecule has 0 rings (SSSR count). The molecule has 0 fully saturated rings. The summed E-state index contributed by atoms with van der Waals surface area (Å²) in [4.78, 5) is 38.1. The maximum atomic E-state index is 12.8. The molecule has 0 aromatic rings. The normalized spacial score (nSPS) is 12.3. The van der Waals surface area contributed by atoms with E-state index in [2.05, 4.69) is 69.4 Å². The van der Waals surface area contributed by atoms with Crippen molar-refractivity contribution in [3.05, 3.63) is 48.6 Å². The van der Waals surface area contributed by atoms with Crippen molar-refractivity contribution < 1.29 is 28.6 Å². The molecular formula is C62H112O6. The van der Waals surface area contributed by atoms with Gasteiger partial charge in [-0.15, -0.1) is 0 Å². The Bertz CT molecular complexity index is 1190. The molecule has 0 saturated carbocycles. The van der Waals surface area contributed by atoms with Crippen molar-refractivity contribution in [3.63, 3.8) is 0 Å². The van der Waals surface area contributed by atoms with Gasteiger partial charge in [-0.25, -0.2) is 0 Å². The Hall–Kier alpha value is -2.63. The summed E-state index contributed by atoms with van der Waals surface area (Å²) in [7, 11) is 0. The Labute approximate surface area is 422 Å². The van der Waals surface area contributed by atoms with Gasteiger partial charge in [0.05, 0.1) is 0 Å². The first-order valence-corrected chi connectivity index (χ1v) is 29.6. The Balaban J connectivity index is 4.27. The number of hydrogen-bond donors (Lipinski definition) is 0. The average Bonchev–Trinajstić information content (AvgIpc) is 3.34. The number of hydrogen-bond acceptors (Lipinski definition) is 6. The molecule has 0 aromatic carbocycles. The second kappa shape index (κ2) is 57.0. The van der Waals surface area contributed by atoms with E-state index in [9.17, 15) is 14.4 Å². The summed E-state index contributed by atoms with van der Waals surface area (Å²) in [6.45, 7) is 6.56. The molecule has 68 heavy (non-hydrogen) atoms. The summed E-state index contributed by atoms with van der Waals surface area (Å²) in [5.41, 5.74) is 0. The van der Waals surface area contributed by atoms with Crippen LogP contribution in [0.2, 0.25) is 0 Å². The van der Waals surface area contributed by atoms with Gasteiger partial charge < -0.3 is 14.2 Å². The first kappa shape index (κ1) is 65.4. The van der Waals surface area contributed by atoms with Crippen LogP contribution < -0.4 is 0 Å². The summed E-state index contributed by atoms with van der Waals surface area (Å²) < 4.78 is 16.9. The van der Waals surface area contributed by atoms with Gasteiger partial charge in [0, 0.05) is 19.3 Å². The predicted octanol–water partition coefficient (Wildman–Crippen LogP) is 19.8. The van der Waals surface area contributed by atoms with Crippen LogP contribution in [0.25, 0.3) is 0 Å². The molecule has 6 heteroatoms. The SMILES string of the molecule is CC/C=C\C/C=C\C/C=C\C/C=C\CCCCCCCCCCCCC(=O)OCC(COC(=O)CCCCCCCCCCCCCC)OC(=O)CCCCCCCCCCCCCCCCC. The van der Waals surface area contributed by atoms with Gasteiger partial charge in [0.1, 0.15) is 13.2 Å². The second-order valence-corrected chi connectivity index (χ2v) is 19.9. The van der Waals surface area contributed by atoms with Crippen molar-refractivity contribution in [2.45, 2.75) is 316 Å². The van der Waals surface area contributed by atoms with Crippen LogP contribution in [0.3, 0.4) is 0 Å². The van der Waals surface area contributed by atoms with Crippen LogP contribution >= 0.6 is 0 Å². The van der Waals surface area contributed by atoms with E-state index in [1.807, 2.05) is 0 Å². The highest BCUT2D eigenvalue weighted by atomic mass is 16.6. The lowest BCUT2D eigenvalue weighted by Crippen LogP contribution is -2.30. The number of allylic oxidation sites excluding steroid dienone is 8. The lowest BCUT2D eigenvalue weighted by Gasteiger charge is -2.18. The molecule has 0 aliphatic rings. The van der Waals surface area contributed by atoms with Crippen molar-refractivity contribution in [1.82, 2.24) is 0 Å². The summed E-state index contributed by atoms with van der Waals surface area (Å²) >= 11 is 0. The van der Waals surface area contributed by atoms with Crippen LogP contribution in [-0.4, -0.2) is 37.2 Å². The maximum absolute atomic E-state index is 12.8. The first-order valence-electron chi connectivity index (χ1n) is 29.6. The molecule has 0 spiro atoms. The third-order valence-electron chi connectivity index (χ3n) is 13.1. The fourth-order valence-corrected chi connectivity index (χ4v) is 8.67. The van der Waals surface area contributed by atoms with Crippen LogP contribution in [0.1, 0.15) is 310 Å². The van der Waals surface area contributed by atoms with E-state index in [1.165, 1.54) is 186 Å². The van der Waals surface area contributed by atoms with E-state index in [0.29, 0.717) is 19.3 Å². The van der Waals surface area contributed by atoms with Gasteiger partial charge >= 0.3 is 17.9 Å². The monoisotopic (exact) mass is 953 g/mol. The molecule has 0 N–H and O–H groups in total. The van der Waals surface area contributed by atoms with Crippen LogP contribution in [0.5, 0.6) is 0 Å². The average molecular weight is 954 g/mol. The van der Waals surface area contributed by atoms with Crippen molar-refractivity contribution >= 4 is 17.9 Å². The molecule has 1 unspecified atom stereocenters. The third kappa shape index (κ3) is 54.3. The zero-order valence-corrected chi connectivity index (χ0v) is 45.4. The Morgan fingerprint density at radius 2 is 0.574 bits per heavy atom. The van der Waals surface area contributed by atoms with E-state index in [0.717, 1.165) is 83.5 Å². The van der Waals surface area contributed by atoms with Gasteiger partial charge in [-0.3, -0.25) is 14.4 Å². The van der Waals surface area contributed by atoms with Crippen LogP contribution in [-0.2, 0) is 28.6 Å². The number of carbonyl (C=O) groups excluding carboxylic acids is 3. The van der Waals surface area contributed by atoms with Crippen molar-refractivity contribution in [3.8, 4) is 0 Å². The van der Waals surface area contributed by atoms with Crippen molar-refractivity contribution in [1.29, 1.82) is 0 Å². The lowest BCUT2D eigenvalue weighted by atomic mass is 10.0. The number of ether oxygens (including phenoxy) is 3. The van der Waals surface area contributed by atoms with Crippen LogP contribution in [0, 0.1) is 0 Å². The third-order valence-corrected chi connectivity index (χ3v) is 13.1. The fraction of sp³-hybridized carbons (Fsp3) is 0.823. The zero-order valence-electron chi connectivity index (χ0n) is 45.4. The van der Waals surface area contributed by atoms with Crippen LogP contribution in [0.15, 0.2) is 48.6 Å². The molecule has 0 heterocycles. The predicted molar refractivity (Wildman–Crippen MR) is 293 cm³/mol. The van der Waals surface area contributed by atoms with Gasteiger partial charge in [-0.1, -0.05) is 281 Å². The van der Waals surface area contributed by atoms with Gasteiger partial charge in [0.25, 0.3) is 0 Å². The van der Waals surface area contributed by atoms with Gasteiger partial charge in [-0.2, -0.15) is 0 Å². The Morgan fingerprint density at radius 3 is 0.897 bits per heavy atom. The fourth-order valence-electron chi connectivity index (χ4n) is 8.67. The summed E-state index contributed by atoms with van der Waals surface area (Å²) in [6.07, 6.45) is 69.6. The molecule has 0 saturated heterocycles. The number of carbonyl (C=O) groups is 3. The number of unbranched alkanes of at least 4 members (excludes halogenated alkanes) is 35. The highest BCUT2D eigenvalue weighted by molar-refractivity contribution is 5.71. The smallest absolute Gasteiger partial charge is 0.306 e. The van der Waals surface area contributed by atoms with Gasteiger partial charge in [0.15, 0.2) is 6.10 Å².